The number of nitrogens with one attached hydrogen (secondary N) is 1. The summed E-state index contributed by atoms with van der Waals surface area (Å²) in [7, 11) is 0. The van der Waals surface area contributed by atoms with Gasteiger partial charge in [0.15, 0.2) is 11.6 Å². The molecule has 1 heterocycles. The number of hydrogen-bond acceptors (Lipinski definition) is 3. The molecule has 0 aliphatic rings. The molecule has 6 heteroatoms. The summed E-state index contributed by atoms with van der Waals surface area (Å²) in [6, 6.07) is 15.9. The zero-order valence-corrected chi connectivity index (χ0v) is 15.1. The first-order valence-corrected chi connectivity index (χ1v) is 8.64. The van der Waals surface area contributed by atoms with Crippen LogP contribution in [0.15, 0.2) is 72.9 Å². The highest BCUT2D eigenvalue weighted by Gasteiger charge is 2.09. The van der Waals surface area contributed by atoms with Gasteiger partial charge in [-0.1, -0.05) is 24.3 Å². The maximum absolute atomic E-state index is 13.2. The van der Waals surface area contributed by atoms with Crippen molar-refractivity contribution in [3.05, 3.63) is 95.7 Å². The summed E-state index contributed by atoms with van der Waals surface area (Å²) in [5.74, 6) is -1.16. The Morgan fingerprint density at radius 2 is 1.93 bits per heavy atom. The number of ether oxygens (including phenoxy) is 1. The van der Waals surface area contributed by atoms with Gasteiger partial charge in [0.05, 0.1) is 6.04 Å². The van der Waals surface area contributed by atoms with Crippen LogP contribution in [0, 0.1) is 11.6 Å². The molecule has 4 nitrogen and oxygen atoms in total. The molecule has 3 aromatic rings. The minimum absolute atomic E-state index is 0.283. The second-order valence-corrected chi connectivity index (χ2v) is 6.08. The minimum Gasteiger partial charge on any atom is -0.439 e. The van der Waals surface area contributed by atoms with Crippen molar-refractivity contribution < 1.29 is 18.3 Å². The summed E-state index contributed by atoms with van der Waals surface area (Å²) in [4.78, 5) is 16.2. The van der Waals surface area contributed by atoms with Crippen molar-refractivity contribution in [3.8, 4) is 11.6 Å². The van der Waals surface area contributed by atoms with Crippen LogP contribution in [0.25, 0.3) is 6.08 Å². The van der Waals surface area contributed by atoms with E-state index in [0.717, 1.165) is 17.7 Å². The molecule has 0 spiro atoms. The lowest BCUT2D eigenvalue weighted by molar-refractivity contribution is -0.117. The first-order chi connectivity index (χ1) is 13.5. The van der Waals surface area contributed by atoms with Crippen molar-refractivity contribution in [2.24, 2.45) is 0 Å². The van der Waals surface area contributed by atoms with Crippen molar-refractivity contribution in [2.45, 2.75) is 13.0 Å². The molecule has 1 atom stereocenters. The molecule has 0 radical (unpaired) electrons. The molecule has 0 fully saturated rings. The maximum Gasteiger partial charge on any atom is 0.244 e. The molecule has 3 rings (SSSR count). The summed E-state index contributed by atoms with van der Waals surface area (Å²) >= 11 is 0. The van der Waals surface area contributed by atoms with Crippen LogP contribution >= 0.6 is 0 Å². The monoisotopic (exact) mass is 380 g/mol. The van der Waals surface area contributed by atoms with E-state index in [-0.39, 0.29) is 11.9 Å². The van der Waals surface area contributed by atoms with Gasteiger partial charge in [0, 0.05) is 18.3 Å². The molecular weight excluding hydrogens is 362 g/mol. The van der Waals surface area contributed by atoms with E-state index in [1.165, 1.54) is 18.2 Å². The van der Waals surface area contributed by atoms with Gasteiger partial charge in [-0.3, -0.25) is 4.79 Å². The smallest absolute Gasteiger partial charge is 0.244 e. The summed E-state index contributed by atoms with van der Waals surface area (Å²) in [6.07, 6.45) is 4.34. The van der Waals surface area contributed by atoms with Crippen molar-refractivity contribution in [2.75, 3.05) is 0 Å². The van der Waals surface area contributed by atoms with Crippen LogP contribution in [0.3, 0.4) is 0 Å². The van der Waals surface area contributed by atoms with E-state index in [4.69, 9.17) is 4.74 Å². The predicted octanol–water partition coefficient (Wildman–Crippen LogP) is 5.04. The topological polar surface area (TPSA) is 51.2 Å². The average molecular weight is 380 g/mol. The highest BCUT2D eigenvalue weighted by molar-refractivity contribution is 5.91. The second-order valence-electron chi connectivity index (χ2n) is 6.08. The molecule has 0 saturated heterocycles. The number of benzene rings is 2. The van der Waals surface area contributed by atoms with Gasteiger partial charge in [0.25, 0.3) is 0 Å². The van der Waals surface area contributed by atoms with Crippen molar-refractivity contribution in [1.29, 1.82) is 0 Å². The molecule has 1 N–H and O–H groups in total. The van der Waals surface area contributed by atoms with Gasteiger partial charge in [0.2, 0.25) is 11.8 Å². The zero-order chi connectivity index (χ0) is 19.9. The normalized spacial score (nSPS) is 12.0. The van der Waals surface area contributed by atoms with Gasteiger partial charge in [-0.05, 0) is 54.5 Å². The van der Waals surface area contributed by atoms with Crippen molar-refractivity contribution in [3.63, 3.8) is 0 Å². The first-order valence-electron chi connectivity index (χ1n) is 8.64. The second kappa shape index (κ2) is 8.90. The van der Waals surface area contributed by atoms with Crippen LogP contribution in [0.1, 0.15) is 24.1 Å². The van der Waals surface area contributed by atoms with Gasteiger partial charge in [-0.15, -0.1) is 0 Å². The summed E-state index contributed by atoms with van der Waals surface area (Å²) in [5.41, 5.74) is 1.25. The number of nitrogens with zero attached hydrogens (tertiary/aromatic N) is 1. The zero-order valence-electron chi connectivity index (χ0n) is 15.1. The number of hydrogen-bond donors (Lipinski definition) is 1. The molecular formula is C22H18F2N2O2. The van der Waals surface area contributed by atoms with Gasteiger partial charge in [-0.25, -0.2) is 13.8 Å². The van der Waals surface area contributed by atoms with Crippen molar-refractivity contribution in [1.82, 2.24) is 10.3 Å². The molecule has 1 amide bonds. The fourth-order valence-electron chi connectivity index (χ4n) is 2.51. The fourth-order valence-corrected chi connectivity index (χ4v) is 2.51. The molecule has 0 aliphatic carbocycles. The molecule has 0 saturated carbocycles. The lowest BCUT2D eigenvalue weighted by atomic mass is 10.1. The number of pyridine rings is 1. The van der Waals surface area contributed by atoms with Gasteiger partial charge >= 0.3 is 0 Å². The van der Waals surface area contributed by atoms with Crippen LogP contribution in [0.2, 0.25) is 0 Å². The Morgan fingerprint density at radius 1 is 1.07 bits per heavy atom. The van der Waals surface area contributed by atoms with Crippen LogP contribution in [-0.4, -0.2) is 10.9 Å². The SMILES string of the molecule is CC(NC(=O)C=Cc1ccc(F)c(F)c1)c1cccc(Oc2ccccn2)c1. The number of rotatable bonds is 6. The molecule has 0 bridgehead atoms. The molecule has 1 unspecified atom stereocenters. The molecule has 28 heavy (non-hydrogen) atoms. The predicted molar refractivity (Wildman–Crippen MR) is 103 cm³/mol. The van der Waals surface area contributed by atoms with Crippen LogP contribution in [-0.2, 0) is 4.79 Å². The summed E-state index contributed by atoms with van der Waals surface area (Å²) in [5, 5.41) is 2.82. The molecule has 2 aromatic carbocycles. The number of halogens is 2. The molecule has 142 valence electrons. The van der Waals surface area contributed by atoms with E-state index >= 15 is 0 Å². The standard InChI is InChI=1S/C22H18F2N2O2/c1-15(26-21(27)11-9-16-8-10-19(23)20(24)13-16)17-5-4-6-18(14-17)28-22-7-2-3-12-25-22/h2-15H,1H3,(H,26,27). The Balaban J connectivity index is 1.62. The third-order valence-electron chi connectivity index (χ3n) is 3.95. The number of amides is 1. The summed E-state index contributed by atoms with van der Waals surface area (Å²) in [6.45, 7) is 1.84. The Labute approximate surface area is 161 Å². The highest BCUT2D eigenvalue weighted by atomic mass is 19.2. The molecule has 0 aliphatic heterocycles. The maximum atomic E-state index is 13.2. The number of aromatic nitrogens is 1. The Kier molecular flexibility index (Phi) is 6.11. The largest absolute Gasteiger partial charge is 0.439 e. The van der Waals surface area contributed by atoms with E-state index in [1.807, 2.05) is 31.2 Å². The van der Waals surface area contributed by atoms with E-state index in [2.05, 4.69) is 10.3 Å². The lowest BCUT2D eigenvalue weighted by Crippen LogP contribution is -2.24. The number of carbonyl (C=O) groups excluding carboxylic acids is 1. The number of carbonyl (C=O) groups is 1. The third kappa shape index (κ3) is 5.23. The minimum atomic E-state index is -0.958. The van der Waals surface area contributed by atoms with Crippen LogP contribution in [0.5, 0.6) is 11.6 Å². The van der Waals surface area contributed by atoms with Crippen LogP contribution in [0.4, 0.5) is 8.78 Å². The quantitative estimate of drug-likeness (QED) is 0.610. The van der Waals surface area contributed by atoms with E-state index < -0.39 is 11.6 Å². The highest BCUT2D eigenvalue weighted by Crippen LogP contribution is 2.23. The lowest BCUT2D eigenvalue weighted by Gasteiger charge is -2.14. The van der Waals surface area contributed by atoms with E-state index in [0.29, 0.717) is 17.2 Å². The summed E-state index contributed by atoms with van der Waals surface area (Å²) < 4.78 is 31.8. The fraction of sp³-hybridized carbons (Fsp3) is 0.0909. The van der Waals surface area contributed by atoms with Gasteiger partial charge in [-0.2, -0.15) is 0 Å². The average Bonchev–Trinajstić information content (AvgIpc) is 2.70. The van der Waals surface area contributed by atoms with Crippen molar-refractivity contribution >= 4 is 12.0 Å². The van der Waals surface area contributed by atoms with Crippen LogP contribution < -0.4 is 10.1 Å². The Morgan fingerprint density at radius 3 is 2.68 bits per heavy atom. The third-order valence-corrected chi connectivity index (χ3v) is 3.95. The van der Waals surface area contributed by atoms with E-state index in [1.54, 1.807) is 24.4 Å². The van der Waals surface area contributed by atoms with Gasteiger partial charge < -0.3 is 10.1 Å². The Bertz CT molecular complexity index is 991. The first kappa shape index (κ1) is 19.2. The Hall–Kier alpha value is -3.54. The molecule has 1 aromatic heterocycles. The van der Waals surface area contributed by atoms with E-state index in [9.17, 15) is 13.6 Å². The van der Waals surface area contributed by atoms with Gasteiger partial charge in [0.1, 0.15) is 5.75 Å².